The number of aromatic nitrogens is 1. The van der Waals surface area contributed by atoms with Gasteiger partial charge in [0.05, 0.1) is 30.0 Å². The molecule has 0 saturated heterocycles. The average Bonchev–Trinajstić information content (AvgIpc) is 2.97. The lowest BCUT2D eigenvalue weighted by Crippen LogP contribution is -2.11. The molecule has 0 spiro atoms. The molecule has 0 atom stereocenters. The van der Waals surface area contributed by atoms with Crippen LogP contribution in [0.2, 0.25) is 0 Å². The van der Waals surface area contributed by atoms with Crippen LogP contribution in [0.3, 0.4) is 0 Å². The van der Waals surface area contributed by atoms with Crippen LogP contribution in [0.1, 0.15) is 56.3 Å². The topological polar surface area (TPSA) is 94.7 Å². The lowest BCUT2D eigenvalue weighted by molar-refractivity contribution is 0.0445. The zero-order valence-corrected chi connectivity index (χ0v) is 15.0. The van der Waals surface area contributed by atoms with Gasteiger partial charge in [0, 0.05) is 0 Å². The summed E-state index contributed by atoms with van der Waals surface area (Å²) >= 11 is 0. The van der Waals surface area contributed by atoms with Gasteiger partial charge in [-0.3, -0.25) is 0 Å². The van der Waals surface area contributed by atoms with Crippen molar-refractivity contribution in [3.05, 3.63) is 58.4 Å². The molecular formula is C19H21NO6. The molecule has 2 aromatic rings. The number of rotatable bonds is 7. The van der Waals surface area contributed by atoms with Gasteiger partial charge >= 0.3 is 17.9 Å². The number of H-pyrrole nitrogens is 1. The molecule has 7 heteroatoms. The highest BCUT2D eigenvalue weighted by Gasteiger charge is 2.26. The third kappa shape index (κ3) is 4.30. The van der Waals surface area contributed by atoms with Crippen molar-refractivity contribution in [2.45, 2.75) is 27.4 Å². The summed E-state index contributed by atoms with van der Waals surface area (Å²) in [5.74, 6) is -1.72. The molecule has 0 aliphatic carbocycles. The van der Waals surface area contributed by atoms with Crippen molar-refractivity contribution < 1.29 is 28.6 Å². The van der Waals surface area contributed by atoms with E-state index < -0.39 is 17.9 Å². The Morgan fingerprint density at radius 2 is 1.50 bits per heavy atom. The Balaban J connectivity index is 2.27. The predicted molar refractivity (Wildman–Crippen MR) is 93.0 cm³/mol. The SMILES string of the molecule is CCOC(=O)c1[nH]c(COC(=O)c2ccccc2)c(C(=O)OCC)c1C. The Hall–Kier alpha value is -3.09. The molecule has 0 bridgehead atoms. The summed E-state index contributed by atoms with van der Waals surface area (Å²) in [7, 11) is 0. The highest BCUT2D eigenvalue weighted by atomic mass is 16.5. The van der Waals surface area contributed by atoms with Gasteiger partial charge in [-0.2, -0.15) is 0 Å². The van der Waals surface area contributed by atoms with E-state index in [1.165, 1.54) is 0 Å². The first-order valence-electron chi connectivity index (χ1n) is 8.27. The number of carbonyl (C=O) groups is 3. The number of esters is 3. The molecule has 0 unspecified atom stereocenters. The summed E-state index contributed by atoms with van der Waals surface area (Å²) in [5, 5.41) is 0. The van der Waals surface area contributed by atoms with Gasteiger partial charge in [0.15, 0.2) is 0 Å². The van der Waals surface area contributed by atoms with E-state index in [0.29, 0.717) is 11.1 Å². The molecular weight excluding hydrogens is 338 g/mol. The van der Waals surface area contributed by atoms with Gasteiger partial charge in [-0.05, 0) is 38.5 Å². The van der Waals surface area contributed by atoms with Gasteiger partial charge in [0.2, 0.25) is 0 Å². The third-order valence-electron chi connectivity index (χ3n) is 3.64. The minimum Gasteiger partial charge on any atom is -0.462 e. The zero-order valence-electron chi connectivity index (χ0n) is 15.0. The molecule has 26 heavy (non-hydrogen) atoms. The normalized spacial score (nSPS) is 10.3. The second kappa shape index (κ2) is 8.84. The first-order chi connectivity index (χ1) is 12.5. The molecule has 0 aliphatic heterocycles. The summed E-state index contributed by atoms with van der Waals surface area (Å²) in [6.07, 6.45) is 0. The maximum Gasteiger partial charge on any atom is 0.355 e. The van der Waals surface area contributed by atoms with E-state index in [4.69, 9.17) is 14.2 Å². The van der Waals surface area contributed by atoms with Crippen molar-refractivity contribution >= 4 is 17.9 Å². The van der Waals surface area contributed by atoms with Gasteiger partial charge in [-0.15, -0.1) is 0 Å². The van der Waals surface area contributed by atoms with Gasteiger partial charge in [-0.1, -0.05) is 18.2 Å². The molecule has 0 amide bonds. The number of hydrogen-bond acceptors (Lipinski definition) is 6. The van der Waals surface area contributed by atoms with Gasteiger partial charge in [0.25, 0.3) is 0 Å². The maximum absolute atomic E-state index is 12.3. The predicted octanol–water partition coefficient (Wildman–Crippen LogP) is 3.03. The fourth-order valence-corrected chi connectivity index (χ4v) is 2.45. The minimum absolute atomic E-state index is 0.140. The van der Waals surface area contributed by atoms with E-state index in [9.17, 15) is 14.4 Å². The summed E-state index contributed by atoms with van der Waals surface area (Å²) in [6.45, 7) is 5.15. The van der Waals surface area contributed by atoms with Crippen LogP contribution in [0, 0.1) is 6.92 Å². The quantitative estimate of drug-likeness (QED) is 0.603. The van der Waals surface area contributed by atoms with Crippen LogP contribution in [-0.4, -0.2) is 36.1 Å². The third-order valence-corrected chi connectivity index (χ3v) is 3.64. The Labute approximate surface area is 151 Å². The summed E-state index contributed by atoms with van der Waals surface area (Å²) in [6, 6.07) is 8.48. The van der Waals surface area contributed by atoms with Crippen LogP contribution < -0.4 is 0 Å². The van der Waals surface area contributed by atoms with Crippen molar-refractivity contribution in [3.8, 4) is 0 Å². The number of ether oxygens (including phenoxy) is 3. The second-order valence-corrected chi connectivity index (χ2v) is 5.36. The summed E-state index contributed by atoms with van der Waals surface area (Å²) in [4.78, 5) is 39.3. The molecule has 138 valence electrons. The molecule has 7 nitrogen and oxygen atoms in total. The number of aromatic amines is 1. The first kappa shape index (κ1) is 19.2. The fraction of sp³-hybridized carbons (Fsp3) is 0.316. The van der Waals surface area contributed by atoms with Crippen LogP contribution in [0.5, 0.6) is 0 Å². The van der Waals surface area contributed by atoms with Crippen molar-refractivity contribution in [3.63, 3.8) is 0 Å². The van der Waals surface area contributed by atoms with Gasteiger partial charge in [0.1, 0.15) is 12.3 Å². The van der Waals surface area contributed by atoms with E-state index in [-0.39, 0.29) is 36.8 Å². The molecule has 0 saturated carbocycles. The molecule has 0 aliphatic rings. The van der Waals surface area contributed by atoms with E-state index in [2.05, 4.69) is 4.98 Å². The number of nitrogens with one attached hydrogen (secondary N) is 1. The number of benzene rings is 1. The number of hydrogen-bond donors (Lipinski definition) is 1. The Kier molecular flexibility index (Phi) is 6.54. The molecule has 1 N–H and O–H groups in total. The maximum atomic E-state index is 12.3. The first-order valence-corrected chi connectivity index (χ1v) is 8.27. The lowest BCUT2D eigenvalue weighted by Gasteiger charge is -2.07. The van der Waals surface area contributed by atoms with Crippen molar-refractivity contribution in [2.24, 2.45) is 0 Å². The van der Waals surface area contributed by atoms with Crippen LogP contribution in [0.15, 0.2) is 30.3 Å². The summed E-state index contributed by atoms with van der Waals surface area (Å²) in [5.41, 5.74) is 1.39. The monoisotopic (exact) mass is 359 g/mol. The average molecular weight is 359 g/mol. The second-order valence-electron chi connectivity index (χ2n) is 5.36. The zero-order chi connectivity index (χ0) is 19.1. The molecule has 1 aromatic carbocycles. The van der Waals surface area contributed by atoms with E-state index in [1.807, 2.05) is 0 Å². The van der Waals surface area contributed by atoms with Crippen molar-refractivity contribution in [2.75, 3.05) is 13.2 Å². The van der Waals surface area contributed by atoms with Crippen LogP contribution in [0.4, 0.5) is 0 Å². The molecule has 1 aromatic heterocycles. The van der Waals surface area contributed by atoms with Crippen molar-refractivity contribution in [1.29, 1.82) is 0 Å². The standard InChI is InChI=1S/C19H21NO6/c1-4-24-18(22)15-12(3)16(19(23)25-5-2)20-14(15)11-26-17(21)13-9-7-6-8-10-13/h6-10,20H,4-5,11H2,1-3H3. The highest BCUT2D eigenvalue weighted by molar-refractivity contribution is 5.98. The molecule has 1 heterocycles. The Morgan fingerprint density at radius 3 is 2.12 bits per heavy atom. The fourth-order valence-electron chi connectivity index (χ4n) is 2.45. The number of carbonyl (C=O) groups excluding carboxylic acids is 3. The minimum atomic E-state index is -0.595. The van der Waals surface area contributed by atoms with E-state index in [0.717, 1.165) is 0 Å². The van der Waals surface area contributed by atoms with Crippen LogP contribution in [-0.2, 0) is 20.8 Å². The molecule has 0 fully saturated rings. The van der Waals surface area contributed by atoms with Gasteiger partial charge < -0.3 is 19.2 Å². The Bertz CT molecular complexity index is 794. The summed E-state index contributed by atoms with van der Waals surface area (Å²) < 4.78 is 15.3. The largest absolute Gasteiger partial charge is 0.462 e. The van der Waals surface area contributed by atoms with Crippen LogP contribution in [0.25, 0.3) is 0 Å². The van der Waals surface area contributed by atoms with Gasteiger partial charge in [-0.25, -0.2) is 14.4 Å². The lowest BCUT2D eigenvalue weighted by atomic mass is 10.1. The molecule has 2 rings (SSSR count). The smallest absolute Gasteiger partial charge is 0.355 e. The van der Waals surface area contributed by atoms with Crippen molar-refractivity contribution in [1.82, 2.24) is 4.98 Å². The van der Waals surface area contributed by atoms with E-state index in [1.54, 1.807) is 51.1 Å². The molecule has 0 radical (unpaired) electrons. The van der Waals surface area contributed by atoms with E-state index >= 15 is 0 Å². The van der Waals surface area contributed by atoms with Crippen LogP contribution >= 0.6 is 0 Å². The highest BCUT2D eigenvalue weighted by Crippen LogP contribution is 2.22. The Morgan fingerprint density at radius 1 is 0.885 bits per heavy atom.